The highest BCUT2D eigenvalue weighted by atomic mass is 35.5. The molecule has 0 aliphatic rings. The van der Waals surface area contributed by atoms with Gasteiger partial charge in [0.25, 0.3) is 0 Å². The standard InChI is InChI=1S/C19H26N2.ClH/c1-15(2)8-13-19(20)17-9-11-18(12-10-17)21-14-16-6-4-3-5-7-16;/h3-7,9-12,15,19,21H,8,13-14,20H2,1-2H3;1H/t19-;/m0./s1. The minimum Gasteiger partial charge on any atom is -0.381 e. The predicted molar refractivity (Wildman–Crippen MR) is 98.5 cm³/mol. The Labute approximate surface area is 140 Å². The van der Waals surface area contributed by atoms with E-state index in [1.165, 1.54) is 17.5 Å². The fourth-order valence-electron chi connectivity index (χ4n) is 2.33. The van der Waals surface area contributed by atoms with Crippen LogP contribution in [0, 0.1) is 5.92 Å². The number of nitrogens with one attached hydrogen (secondary N) is 1. The van der Waals surface area contributed by atoms with Gasteiger partial charge in [0.15, 0.2) is 0 Å². The minimum atomic E-state index is 0. The lowest BCUT2D eigenvalue weighted by Crippen LogP contribution is -2.11. The summed E-state index contributed by atoms with van der Waals surface area (Å²) in [7, 11) is 0. The molecule has 1 atom stereocenters. The molecule has 0 spiro atoms. The number of halogens is 1. The quantitative estimate of drug-likeness (QED) is 0.740. The van der Waals surface area contributed by atoms with Crippen molar-refractivity contribution in [1.82, 2.24) is 0 Å². The Hall–Kier alpha value is -1.51. The van der Waals surface area contributed by atoms with Gasteiger partial charge in [-0.3, -0.25) is 0 Å². The van der Waals surface area contributed by atoms with Crippen LogP contribution < -0.4 is 11.1 Å². The van der Waals surface area contributed by atoms with Crippen LogP contribution in [0.15, 0.2) is 54.6 Å². The molecule has 0 heterocycles. The molecular formula is C19H27ClN2. The van der Waals surface area contributed by atoms with E-state index in [0.29, 0.717) is 5.92 Å². The van der Waals surface area contributed by atoms with Gasteiger partial charge in [-0.1, -0.05) is 56.3 Å². The lowest BCUT2D eigenvalue weighted by molar-refractivity contribution is 0.507. The van der Waals surface area contributed by atoms with Crippen molar-refractivity contribution in [3.8, 4) is 0 Å². The summed E-state index contributed by atoms with van der Waals surface area (Å²) in [4.78, 5) is 0. The third-order valence-corrected chi connectivity index (χ3v) is 3.73. The van der Waals surface area contributed by atoms with E-state index in [1.807, 2.05) is 6.07 Å². The van der Waals surface area contributed by atoms with Crippen molar-refractivity contribution in [2.24, 2.45) is 11.7 Å². The maximum absolute atomic E-state index is 6.24. The molecule has 0 aromatic heterocycles. The fourth-order valence-corrected chi connectivity index (χ4v) is 2.33. The van der Waals surface area contributed by atoms with Gasteiger partial charge in [-0.15, -0.1) is 12.4 Å². The van der Waals surface area contributed by atoms with Crippen molar-refractivity contribution in [2.75, 3.05) is 5.32 Å². The maximum Gasteiger partial charge on any atom is 0.0400 e. The van der Waals surface area contributed by atoms with Gasteiger partial charge in [0.05, 0.1) is 0 Å². The molecule has 2 rings (SSSR count). The second-order valence-corrected chi connectivity index (χ2v) is 6.04. The Balaban J connectivity index is 0.00000242. The smallest absolute Gasteiger partial charge is 0.0400 e. The molecule has 0 aliphatic heterocycles. The first-order valence-corrected chi connectivity index (χ1v) is 7.78. The molecule has 0 saturated carbocycles. The zero-order chi connectivity index (χ0) is 15.1. The van der Waals surface area contributed by atoms with E-state index in [0.717, 1.165) is 18.7 Å². The summed E-state index contributed by atoms with van der Waals surface area (Å²) in [5.41, 5.74) is 9.89. The van der Waals surface area contributed by atoms with Crippen molar-refractivity contribution in [2.45, 2.75) is 39.3 Å². The van der Waals surface area contributed by atoms with E-state index >= 15 is 0 Å². The molecule has 0 saturated heterocycles. The molecule has 3 N–H and O–H groups in total. The van der Waals surface area contributed by atoms with Gasteiger partial charge in [0.2, 0.25) is 0 Å². The lowest BCUT2D eigenvalue weighted by atomic mass is 9.98. The van der Waals surface area contributed by atoms with E-state index in [1.54, 1.807) is 0 Å². The monoisotopic (exact) mass is 318 g/mol. The minimum absolute atomic E-state index is 0. The molecule has 0 unspecified atom stereocenters. The summed E-state index contributed by atoms with van der Waals surface area (Å²) in [6.45, 7) is 5.33. The van der Waals surface area contributed by atoms with Crippen LogP contribution in [0.3, 0.4) is 0 Å². The van der Waals surface area contributed by atoms with E-state index in [-0.39, 0.29) is 18.4 Å². The highest BCUT2D eigenvalue weighted by molar-refractivity contribution is 5.85. The van der Waals surface area contributed by atoms with Crippen LogP contribution in [0.25, 0.3) is 0 Å². The summed E-state index contributed by atoms with van der Waals surface area (Å²) in [6.07, 6.45) is 2.23. The molecule has 2 aromatic carbocycles. The van der Waals surface area contributed by atoms with Crippen LogP contribution in [0.2, 0.25) is 0 Å². The van der Waals surface area contributed by atoms with Gasteiger partial charge in [-0.05, 0) is 42.0 Å². The van der Waals surface area contributed by atoms with Gasteiger partial charge in [-0.25, -0.2) is 0 Å². The molecule has 0 fully saturated rings. The zero-order valence-electron chi connectivity index (χ0n) is 13.5. The van der Waals surface area contributed by atoms with Crippen LogP contribution in [-0.2, 0) is 6.54 Å². The first-order chi connectivity index (χ1) is 10.1. The van der Waals surface area contributed by atoms with Gasteiger partial charge in [0, 0.05) is 18.3 Å². The van der Waals surface area contributed by atoms with Crippen LogP contribution in [-0.4, -0.2) is 0 Å². The Kier molecular flexibility index (Phi) is 8.00. The summed E-state index contributed by atoms with van der Waals surface area (Å²) in [5, 5.41) is 3.44. The molecule has 0 radical (unpaired) electrons. The molecule has 0 amide bonds. The number of nitrogens with two attached hydrogens (primary N) is 1. The topological polar surface area (TPSA) is 38.0 Å². The highest BCUT2D eigenvalue weighted by Crippen LogP contribution is 2.20. The largest absolute Gasteiger partial charge is 0.381 e. The Morgan fingerprint density at radius 3 is 2.14 bits per heavy atom. The van der Waals surface area contributed by atoms with Gasteiger partial charge >= 0.3 is 0 Å². The van der Waals surface area contributed by atoms with Crippen LogP contribution in [0.1, 0.15) is 43.9 Å². The Bertz CT molecular complexity index is 523. The second kappa shape index (κ2) is 9.50. The van der Waals surface area contributed by atoms with Gasteiger partial charge < -0.3 is 11.1 Å². The first-order valence-electron chi connectivity index (χ1n) is 7.78. The van der Waals surface area contributed by atoms with Crippen molar-refractivity contribution < 1.29 is 0 Å². The van der Waals surface area contributed by atoms with E-state index in [9.17, 15) is 0 Å². The summed E-state index contributed by atoms with van der Waals surface area (Å²) < 4.78 is 0. The van der Waals surface area contributed by atoms with E-state index in [2.05, 4.69) is 67.7 Å². The van der Waals surface area contributed by atoms with Crippen LogP contribution in [0.4, 0.5) is 5.69 Å². The summed E-state index contributed by atoms with van der Waals surface area (Å²) in [6, 6.07) is 19.1. The Morgan fingerprint density at radius 2 is 1.55 bits per heavy atom. The third kappa shape index (κ3) is 6.08. The van der Waals surface area contributed by atoms with Crippen molar-refractivity contribution in [3.63, 3.8) is 0 Å². The highest BCUT2D eigenvalue weighted by Gasteiger charge is 2.07. The second-order valence-electron chi connectivity index (χ2n) is 6.04. The molecule has 120 valence electrons. The average molecular weight is 319 g/mol. The zero-order valence-corrected chi connectivity index (χ0v) is 14.3. The SMILES string of the molecule is CC(C)CC[C@H](N)c1ccc(NCc2ccccc2)cc1.Cl. The molecule has 0 aliphatic carbocycles. The molecular weight excluding hydrogens is 292 g/mol. The number of hydrogen-bond donors (Lipinski definition) is 2. The third-order valence-electron chi connectivity index (χ3n) is 3.73. The van der Waals surface area contributed by atoms with Crippen molar-refractivity contribution in [3.05, 3.63) is 65.7 Å². The van der Waals surface area contributed by atoms with Crippen LogP contribution in [0.5, 0.6) is 0 Å². The van der Waals surface area contributed by atoms with Crippen molar-refractivity contribution in [1.29, 1.82) is 0 Å². The maximum atomic E-state index is 6.24. The molecule has 22 heavy (non-hydrogen) atoms. The van der Waals surface area contributed by atoms with Crippen molar-refractivity contribution >= 4 is 18.1 Å². The lowest BCUT2D eigenvalue weighted by Gasteiger charge is -2.14. The number of rotatable bonds is 7. The molecule has 0 bridgehead atoms. The molecule has 3 heteroatoms. The average Bonchev–Trinajstić information content (AvgIpc) is 2.52. The van der Waals surface area contributed by atoms with Gasteiger partial charge in [-0.2, -0.15) is 0 Å². The number of hydrogen-bond acceptors (Lipinski definition) is 2. The predicted octanol–water partition coefficient (Wildman–Crippen LogP) is 5.16. The van der Waals surface area contributed by atoms with E-state index in [4.69, 9.17) is 5.73 Å². The molecule has 2 aromatic rings. The molecule has 2 nitrogen and oxygen atoms in total. The Morgan fingerprint density at radius 1 is 0.909 bits per heavy atom. The number of anilines is 1. The van der Waals surface area contributed by atoms with Gasteiger partial charge in [0.1, 0.15) is 0 Å². The first kappa shape index (κ1) is 18.5. The summed E-state index contributed by atoms with van der Waals surface area (Å²) >= 11 is 0. The normalized spacial score (nSPS) is 11.8. The summed E-state index contributed by atoms with van der Waals surface area (Å²) in [5.74, 6) is 0.711. The van der Waals surface area contributed by atoms with E-state index < -0.39 is 0 Å². The van der Waals surface area contributed by atoms with Crippen LogP contribution >= 0.6 is 12.4 Å². The number of benzene rings is 2. The fraction of sp³-hybridized carbons (Fsp3) is 0.368.